The number of hydrogen-bond acceptors (Lipinski definition) is 6. The number of benzene rings is 7. The van der Waals surface area contributed by atoms with Crippen LogP contribution in [0.3, 0.4) is 0 Å². The topological polar surface area (TPSA) is 78.1 Å². The van der Waals surface area contributed by atoms with Gasteiger partial charge in [-0.2, -0.15) is 0 Å². The highest BCUT2D eigenvalue weighted by atomic mass is 16.3. The van der Waals surface area contributed by atoms with Gasteiger partial charge in [-0.15, -0.1) is 0 Å². The predicted molar refractivity (Wildman–Crippen MR) is 203 cm³/mol. The first-order valence-corrected chi connectivity index (χ1v) is 16.9. The van der Waals surface area contributed by atoms with E-state index in [0.717, 1.165) is 88.0 Å². The van der Waals surface area contributed by atoms with Gasteiger partial charge in [-0.05, 0) is 53.6 Å². The van der Waals surface area contributed by atoms with Gasteiger partial charge in [0.1, 0.15) is 33.5 Å². The summed E-state index contributed by atoms with van der Waals surface area (Å²) >= 11 is 0. The Morgan fingerprint density at radius 2 is 0.863 bits per heavy atom. The normalized spacial score (nSPS) is 11.9. The van der Waals surface area contributed by atoms with Crippen LogP contribution in [0.25, 0.3) is 111 Å². The van der Waals surface area contributed by atoms with Crippen LogP contribution in [0.4, 0.5) is 0 Å². The molecular formula is C45H25N3O3. The minimum atomic E-state index is 0.520. The number of para-hydroxylation sites is 3. The Morgan fingerprint density at radius 3 is 1.67 bits per heavy atom. The SMILES string of the molecule is c1ccc(-c2nc(-c3ccc4c(c3)oc3ccccc34)nc(-c3ccc(-c4cccc5oc6ccccc6c45)c4c3oc3ccccc34)n2)cc1. The van der Waals surface area contributed by atoms with Crippen molar-refractivity contribution in [2.45, 2.75) is 0 Å². The van der Waals surface area contributed by atoms with Crippen LogP contribution in [0.1, 0.15) is 0 Å². The van der Waals surface area contributed by atoms with Gasteiger partial charge >= 0.3 is 0 Å². The van der Waals surface area contributed by atoms with Crippen LogP contribution >= 0.6 is 0 Å². The summed E-state index contributed by atoms with van der Waals surface area (Å²) in [5, 5.41) is 6.28. The maximum absolute atomic E-state index is 6.72. The standard InChI is InChI=1S/C45H25N3O3/c1-2-11-26(12-3-1)43-46-44(27-21-22-29-28-13-4-7-17-35(28)50-39(29)25-27)48-45(47-43)34-24-23-31(41-33-15-6-9-19-37(33)51-42(34)41)30-16-10-20-38-40(30)32-14-5-8-18-36(32)49-38/h1-25H. The van der Waals surface area contributed by atoms with Crippen LogP contribution in [0, 0.1) is 0 Å². The van der Waals surface area contributed by atoms with Crippen molar-refractivity contribution >= 4 is 65.8 Å². The lowest BCUT2D eigenvalue weighted by molar-refractivity contribution is 0.668. The molecule has 0 N–H and O–H groups in total. The third kappa shape index (κ3) is 4.26. The van der Waals surface area contributed by atoms with Gasteiger partial charge in [0.05, 0.1) is 5.56 Å². The average Bonchev–Trinajstić information content (AvgIpc) is 3.89. The molecule has 0 spiro atoms. The van der Waals surface area contributed by atoms with E-state index in [-0.39, 0.29) is 0 Å². The van der Waals surface area contributed by atoms with Gasteiger partial charge in [0, 0.05) is 43.4 Å². The minimum Gasteiger partial charge on any atom is -0.456 e. The molecule has 4 aromatic heterocycles. The highest BCUT2D eigenvalue weighted by Gasteiger charge is 2.23. The summed E-state index contributed by atoms with van der Waals surface area (Å²) in [6.07, 6.45) is 0. The summed E-state index contributed by atoms with van der Waals surface area (Å²) in [5.41, 5.74) is 9.44. The lowest BCUT2D eigenvalue weighted by Gasteiger charge is -2.11. The Labute approximate surface area is 290 Å². The molecular weight excluding hydrogens is 631 g/mol. The molecule has 7 aromatic carbocycles. The van der Waals surface area contributed by atoms with Crippen LogP contribution in [0.15, 0.2) is 165 Å². The molecule has 238 valence electrons. The van der Waals surface area contributed by atoms with Gasteiger partial charge in [-0.1, -0.05) is 109 Å². The van der Waals surface area contributed by atoms with E-state index in [9.17, 15) is 0 Å². The Hall–Kier alpha value is -7.05. The first-order valence-electron chi connectivity index (χ1n) is 16.9. The fourth-order valence-electron chi connectivity index (χ4n) is 7.43. The molecule has 0 unspecified atom stereocenters. The molecule has 6 heteroatoms. The van der Waals surface area contributed by atoms with E-state index in [1.165, 1.54) is 0 Å². The number of hydrogen-bond donors (Lipinski definition) is 0. The van der Waals surface area contributed by atoms with E-state index in [2.05, 4.69) is 48.5 Å². The van der Waals surface area contributed by atoms with Gasteiger partial charge in [-0.3, -0.25) is 0 Å². The molecule has 0 aliphatic rings. The van der Waals surface area contributed by atoms with E-state index in [1.807, 2.05) is 103 Å². The largest absolute Gasteiger partial charge is 0.456 e. The molecule has 0 radical (unpaired) electrons. The summed E-state index contributed by atoms with van der Waals surface area (Å²) in [6.45, 7) is 0. The van der Waals surface area contributed by atoms with Gasteiger partial charge in [0.25, 0.3) is 0 Å². The lowest BCUT2D eigenvalue weighted by Crippen LogP contribution is -2.00. The molecule has 0 amide bonds. The Morgan fingerprint density at radius 1 is 0.314 bits per heavy atom. The molecule has 0 atom stereocenters. The zero-order valence-electron chi connectivity index (χ0n) is 27.0. The zero-order chi connectivity index (χ0) is 33.5. The van der Waals surface area contributed by atoms with E-state index in [0.29, 0.717) is 23.1 Å². The van der Waals surface area contributed by atoms with Crippen LogP contribution in [0.5, 0.6) is 0 Å². The van der Waals surface area contributed by atoms with Gasteiger partial charge in [0.2, 0.25) is 0 Å². The number of furan rings is 3. The number of nitrogens with zero attached hydrogens (tertiary/aromatic N) is 3. The maximum atomic E-state index is 6.72. The van der Waals surface area contributed by atoms with E-state index in [4.69, 9.17) is 28.2 Å². The van der Waals surface area contributed by atoms with E-state index >= 15 is 0 Å². The van der Waals surface area contributed by atoms with Crippen molar-refractivity contribution < 1.29 is 13.3 Å². The predicted octanol–water partition coefficient (Wildman–Crippen LogP) is 12.2. The molecule has 0 aliphatic heterocycles. The Kier molecular flexibility index (Phi) is 5.86. The molecule has 11 rings (SSSR count). The van der Waals surface area contributed by atoms with Crippen molar-refractivity contribution in [3.63, 3.8) is 0 Å². The van der Waals surface area contributed by atoms with Crippen molar-refractivity contribution in [3.05, 3.63) is 152 Å². The summed E-state index contributed by atoms with van der Waals surface area (Å²) in [6, 6.07) is 51.0. The fourth-order valence-corrected chi connectivity index (χ4v) is 7.43. The first kappa shape index (κ1) is 27.9. The highest BCUT2D eigenvalue weighted by Crippen LogP contribution is 2.45. The molecule has 0 fully saturated rings. The summed E-state index contributed by atoms with van der Waals surface area (Å²) < 4.78 is 19.3. The minimum absolute atomic E-state index is 0.520. The van der Waals surface area contributed by atoms with Crippen molar-refractivity contribution in [1.82, 2.24) is 15.0 Å². The van der Waals surface area contributed by atoms with Crippen LogP contribution < -0.4 is 0 Å². The van der Waals surface area contributed by atoms with E-state index in [1.54, 1.807) is 0 Å². The van der Waals surface area contributed by atoms with E-state index < -0.39 is 0 Å². The third-order valence-electron chi connectivity index (χ3n) is 9.76. The van der Waals surface area contributed by atoms with Crippen LogP contribution in [-0.4, -0.2) is 15.0 Å². The fraction of sp³-hybridized carbons (Fsp3) is 0. The molecule has 11 aromatic rings. The van der Waals surface area contributed by atoms with Crippen molar-refractivity contribution in [2.24, 2.45) is 0 Å². The smallest absolute Gasteiger partial charge is 0.167 e. The first-order chi connectivity index (χ1) is 25.3. The molecule has 0 saturated carbocycles. The zero-order valence-corrected chi connectivity index (χ0v) is 27.0. The number of aromatic nitrogens is 3. The molecule has 0 bridgehead atoms. The van der Waals surface area contributed by atoms with Crippen LogP contribution in [0.2, 0.25) is 0 Å². The second kappa shape index (κ2) is 10.7. The summed E-state index contributed by atoms with van der Waals surface area (Å²) in [7, 11) is 0. The molecule has 0 saturated heterocycles. The Balaban J connectivity index is 1.17. The number of fused-ring (bicyclic) bond motifs is 9. The summed E-state index contributed by atoms with van der Waals surface area (Å²) in [4.78, 5) is 15.2. The molecule has 6 nitrogen and oxygen atoms in total. The van der Waals surface area contributed by atoms with Gasteiger partial charge in [-0.25, -0.2) is 15.0 Å². The maximum Gasteiger partial charge on any atom is 0.167 e. The number of rotatable bonds is 4. The quantitative estimate of drug-likeness (QED) is 0.188. The lowest BCUT2D eigenvalue weighted by atomic mass is 9.94. The van der Waals surface area contributed by atoms with Crippen molar-refractivity contribution in [2.75, 3.05) is 0 Å². The van der Waals surface area contributed by atoms with Crippen molar-refractivity contribution in [1.29, 1.82) is 0 Å². The highest BCUT2D eigenvalue weighted by molar-refractivity contribution is 6.21. The second-order valence-electron chi connectivity index (χ2n) is 12.7. The summed E-state index contributed by atoms with van der Waals surface area (Å²) in [5.74, 6) is 1.64. The van der Waals surface area contributed by atoms with Crippen molar-refractivity contribution in [3.8, 4) is 45.3 Å². The molecule has 0 aliphatic carbocycles. The van der Waals surface area contributed by atoms with Crippen LogP contribution in [-0.2, 0) is 0 Å². The van der Waals surface area contributed by atoms with Gasteiger partial charge in [0.15, 0.2) is 17.5 Å². The third-order valence-corrected chi connectivity index (χ3v) is 9.76. The van der Waals surface area contributed by atoms with Gasteiger partial charge < -0.3 is 13.3 Å². The molecule has 4 heterocycles. The Bertz CT molecular complexity index is 3150. The molecule has 51 heavy (non-hydrogen) atoms. The monoisotopic (exact) mass is 655 g/mol. The second-order valence-corrected chi connectivity index (χ2v) is 12.7. The average molecular weight is 656 g/mol.